The number of aromatic nitrogens is 3. The summed E-state index contributed by atoms with van der Waals surface area (Å²) < 4.78 is 10.3. The molecule has 1 aliphatic rings. The maximum Gasteiger partial charge on any atom is 0.276 e. The van der Waals surface area contributed by atoms with Gasteiger partial charge in [-0.3, -0.25) is 4.79 Å². The van der Waals surface area contributed by atoms with Crippen LogP contribution in [0.1, 0.15) is 46.3 Å². The number of ether oxygens (including phenoxy) is 1. The largest absolute Gasteiger partial charge is 0.380 e. The van der Waals surface area contributed by atoms with Crippen molar-refractivity contribution < 1.29 is 14.1 Å². The third kappa shape index (κ3) is 3.24. The van der Waals surface area contributed by atoms with E-state index in [9.17, 15) is 4.79 Å². The van der Waals surface area contributed by atoms with Crippen LogP contribution in [-0.4, -0.2) is 46.1 Å². The Kier molecular flexibility index (Phi) is 4.66. The Morgan fingerprint density at radius 1 is 1.52 bits per heavy atom. The molecule has 0 bridgehead atoms. The molecule has 1 aliphatic heterocycles. The van der Waals surface area contributed by atoms with Crippen LogP contribution in [0.2, 0.25) is 0 Å². The Balaban J connectivity index is 1.77. The number of hydrogen-bond acceptors (Lipinski definition) is 6. The van der Waals surface area contributed by atoms with Crippen LogP contribution in [-0.2, 0) is 11.3 Å². The lowest BCUT2D eigenvalue weighted by Crippen LogP contribution is -2.39. The van der Waals surface area contributed by atoms with Gasteiger partial charge in [0.2, 0.25) is 0 Å². The van der Waals surface area contributed by atoms with Gasteiger partial charge in [-0.05, 0) is 25.8 Å². The average molecular weight is 316 g/mol. The number of methoxy groups -OCH3 is 1. The SMILES string of the molecule is COCc1c(C(=O)N2CCC[C@@H](c3ccncn3)C2)noc1C. The summed E-state index contributed by atoms with van der Waals surface area (Å²) in [4.78, 5) is 22.9. The lowest BCUT2D eigenvalue weighted by atomic mass is 9.94. The first kappa shape index (κ1) is 15.6. The second-order valence-electron chi connectivity index (χ2n) is 5.72. The van der Waals surface area contributed by atoms with E-state index in [-0.39, 0.29) is 11.8 Å². The molecule has 3 heterocycles. The highest BCUT2D eigenvalue weighted by Crippen LogP contribution is 2.27. The van der Waals surface area contributed by atoms with E-state index < -0.39 is 0 Å². The van der Waals surface area contributed by atoms with Crippen molar-refractivity contribution in [2.45, 2.75) is 32.3 Å². The van der Waals surface area contributed by atoms with Crippen LogP contribution < -0.4 is 0 Å². The monoisotopic (exact) mass is 316 g/mol. The Morgan fingerprint density at radius 3 is 3.13 bits per heavy atom. The van der Waals surface area contributed by atoms with Gasteiger partial charge in [0.15, 0.2) is 5.69 Å². The highest BCUT2D eigenvalue weighted by molar-refractivity contribution is 5.93. The van der Waals surface area contributed by atoms with Gasteiger partial charge in [-0.15, -0.1) is 0 Å². The van der Waals surface area contributed by atoms with Gasteiger partial charge in [-0.2, -0.15) is 0 Å². The minimum absolute atomic E-state index is 0.104. The minimum atomic E-state index is -0.104. The second-order valence-corrected chi connectivity index (χ2v) is 5.72. The van der Waals surface area contributed by atoms with Crippen molar-refractivity contribution in [1.82, 2.24) is 20.0 Å². The van der Waals surface area contributed by atoms with Crippen LogP contribution in [0.3, 0.4) is 0 Å². The third-order valence-electron chi connectivity index (χ3n) is 4.21. The summed E-state index contributed by atoms with van der Waals surface area (Å²) in [5.74, 6) is 0.752. The van der Waals surface area contributed by atoms with Gasteiger partial charge < -0.3 is 14.2 Å². The zero-order chi connectivity index (χ0) is 16.2. The van der Waals surface area contributed by atoms with Gasteiger partial charge in [0.1, 0.15) is 12.1 Å². The molecule has 23 heavy (non-hydrogen) atoms. The van der Waals surface area contributed by atoms with Crippen molar-refractivity contribution >= 4 is 5.91 Å². The maximum atomic E-state index is 12.8. The number of likely N-dealkylation sites (tertiary alicyclic amines) is 1. The Labute approximate surface area is 134 Å². The van der Waals surface area contributed by atoms with Crippen LogP contribution >= 0.6 is 0 Å². The third-order valence-corrected chi connectivity index (χ3v) is 4.21. The molecule has 1 amide bonds. The second kappa shape index (κ2) is 6.87. The van der Waals surface area contributed by atoms with Crippen molar-refractivity contribution in [1.29, 1.82) is 0 Å². The van der Waals surface area contributed by atoms with E-state index in [2.05, 4.69) is 15.1 Å². The Bertz CT molecular complexity index is 671. The lowest BCUT2D eigenvalue weighted by molar-refractivity contribution is 0.0691. The maximum absolute atomic E-state index is 12.8. The molecule has 1 fully saturated rings. The van der Waals surface area contributed by atoms with E-state index in [4.69, 9.17) is 9.26 Å². The minimum Gasteiger partial charge on any atom is -0.380 e. The van der Waals surface area contributed by atoms with E-state index in [1.165, 1.54) is 0 Å². The van der Waals surface area contributed by atoms with Crippen molar-refractivity contribution in [3.63, 3.8) is 0 Å². The average Bonchev–Trinajstić information content (AvgIpc) is 2.96. The zero-order valence-corrected chi connectivity index (χ0v) is 13.4. The van der Waals surface area contributed by atoms with E-state index in [1.54, 1.807) is 26.6 Å². The van der Waals surface area contributed by atoms with Crippen LogP contribution in [0.4, 0.5) is 0 Å². The van der Waals surface area contributed by atoms with Crippen LogP contribution in [0, 0.1) is 6.92 Å². The summed E-state index contributed by atoms with van der Waals surface area (Å²) in [7, 11) is 1.59. The number of piperidine rings is 1. The van der Waals surface area contributed by atoms with Crippen LogP contribution in [0.25, 0.3) is 0 Å². The first-order chi connectivity index (χ1) is 11.2. The van der Waals surface area contributed by atoms with Gasteiger partial charge in [0.25, 0.3) is 5.91 Å². The predicted molar refractivity (Wildman–Crippen MR) is 81.9 cm³/mol. The van der Waals surface area contributed by atoms with Crippen molar-refractivity contribution in [2.24, 2.45) is 0 Å². The van der Waals surface area contributed by atoms with E-state index in [1.807, 2.05) is 11.0 Å². The number of carbonyl (C=O) groups excluding carboxylic acids is 1. The van der Waals surface area contributed by atoms with E-state index in [0.29, 0.717) is 24.6 Å². The quantitative estimate of drug-likeness (QED) is 0.857. The van der Waals surface area contributed by atoms with Crippen LogP contribution in [0.5, 0.6) is 0 Å². The van der Waals surface area contributed by atoms with E-state index >= 15 is 0 Å². The topological polar surface area (TPSA) is 81.4 Å². The molecule has 1 atom stereocenters. The number of hydrogen-bond donors (Lipinski definition) is 0. The molecule has 7 nitrogen and oxygen atoms in total. The Morgan fingerprint density at radius 2 is 2.39 bits per heavy atom. The molecule has 0 spiro atoms. The first-order valence-corrected chi connectivity index (χ1v) is 7.70. The summed E-state index contributed by atoms with van der Waals surface area (Å²) in [6.45, 7) is 3.46. The smallest absolute Gasteiger partial charge is 0.276 e. The fourth-order valence-corrected chi connectivity index (χ4v) is 2.97. The molecule has 0 aliphatic carbocycles. The lowest BCUT2D eigenvalue weighted by Gasteiger charge is -2.32. The number of rotatable bonds is 4. The summed E-state index contributed by atoms with van der Waals surface area (Å²) in [5.41, 5.74) is 2.06. The van der Waals surface area contributed by atoms with Crippen LogP contribution in [0.15, 0.2) is 23.1 Å². The summed E-state index contributed by atoms with van der Waals surface area (Å²) in [6.07, 6.45) is 5.25. The van der Waals surface area contributed by atoms with Gasteiger partial charge in [0, 0.05) is 38.0 Å². The molecule has 3 rings (SSSR count). The number of aryl methyl sites for hydroxylation is 1. The van der Waals surface area contributed by atoms with E-state index in [0.717, 1.165) is 30.6 Å². The molecule has 0 saturated carbocycles. The first-order valence-electron chi connectivity index (χ1n) is 7.70. The van der Waals surface area contributed by atoms with Gasteiger partial charge in [-0.25, -0.2) is 9.97 Å². The number of amides is 1. The molecule has 2 aromatic heterocycles. The molecular formula is C16H20N4O3. The van der Waals surface area contributed by atoms with Gasteiger partial charge in [-0.1, -0.05) is 5.16 Å². The summed E-state index contributed by atoms with van der Waals surface area (Å²) >= 11 is 0. The highest BCUT2D eigenvalue weighted by atomic mass is 16.5. The fourth-order valence-electron chi connectivity index (χ4n) is 2.97. The molecular weight excluding hydrogens is 296 g/mol. The number of carbonyl (C=O) groups is 1. The fraction of sp³-hybridized carbons (Fsp3) is 0.500. The molecule has 7 heteroatoms. The highest BCUT2D eigenvalue weighted by Gasteiger charge is 2.30. The molecule has 0 aromatic carbocycles. The number of nitrogens with zero attached hydrogens (tertiary/aromatic N) is 4. The molecule has 122 valence electrons. The molecule has 0 N–H and O–H groups in total. The zero-order valence-electron chi connectivity index (χ0n) is 13.4. The molecule has 1 saturated heterocycles. The van der Waals surface area contributed by atoms with Gasteiger partial charge >= 0.3 is 0 Å². The van der Waals surface area contributed by atoms with Crippen molar-refractivity contribution in [2.75, 3.05) is 20.2 Å². The standard InChI is InChI=1S/C16H20N4O3/c1-11-13(9-22-2)15(19-23-11)16(21)20-7-3-4-12(8-20)14-5-6-17-10-18-14/h5-6,10,12H,3-4,7-9H2,1-2H3/t12-/m1/s1. The van der Waals surface area contributed by atoms with Crippen molar-refractivity contribution in [3.8, 4) is 0 Å². The summed E-state index contributed by atoms with van der Waals surface area (Å²) in [6, 6.07) is 1.91. The Hall–Kier alpha value is -2.28. The molecule has 0 unspecified atom stereocenters. The molecule has 2 aromatic rings. The normalized spacial score (nSPS) is 18.2. The van der Waals surface area contributed by atoms with Crippen molar-refractivity contribution in [3.05, 3.63) is 41.3 Å². The molecule has 0 radical (unpaired) electrons. The predicted octanol–water partition coefficient (Wildman–Crippen LogP) is 1.94. The summed E-state index contributed by atoms with van der Waals surface area (Å²) in [5, 5.41) is 3.94. The van der Waals surface area contributed by atoms with Gasteiger partial charge in [0.05, 0.1) is 12.2 Å².